The first-order valence-corrected chi connectivity index (χ1v) is 12.0. The minimum absolute atomic E-state index is 0.0863. The van der Waals surface area contributed by atoms with Crippen LogP contribution in [0.5, 0.6) is 0 Å². The highest BCUT2D eigenvalue weighted by Gasteiger charge is 2.28. The summed E-state index contributed by atoms with van der Waals surface area (Å²) in [5.74, 6) is -0.0504. The van der Waals surface area contributed by atoms with Crippen LogP contribution in [-0.2, 0) is 9.53 Å². The monoisotopic (exact) mass is 487 g/mol. The number of fused-ring (bicyclic) bond motifs is 1. The maximum absolute atomic E-state index is 13.1. The molecular formula is C24H21N7O3S. The number of anilines is 3. The first kappa shape index (κ1) is 21.4. The smallest absolute Gasteiger partial charge is 0.317 e. The number of para-hydroxylation sites is 1. The Kier molecular flexibility index (Phi) is 5.68. The van der Waals surface area contributed by atoms with Crippen molar-refractivity contribution in [1.82, 2.24) is 15.2 Å². The van der Waals surface area contributed by atoms with Gasteiger partial charge in [0.1, 0.15) is 5.00 Å². The van der Waals surface area contributed by atoms with E-state index in [1.165, 1.54) is 11.3 Å². The van der Waals surface area contributed by atoms with Crippen LogP contribution >= 0.6 is 11.3 Å². The van der Waals surface area contributed by atoms with Crippen LogP contribution in [0.4, 0.5) is 16.7 Å². The Morgan fingerprint density at radius 2 is 1.83 bits per heavy atom. The molecule has 2 aliphatic heterocycles. The molecule has 6 rings (SSSR count). The zero-order valence-corrected chi connectivity index (χ0v) is 19.4. The number of nitrogens with zero attached hydrogens (tertiary/aromatic N) is 5. The second kappa shape index (κ2) is 9.28. The Morgan fingerprint density at radius 1 is 1.03 bits per heavy atom. The number of thiazole rings is 1. The number of aromatic nitrogens is 3. The average molecular weight is 488 g/mol. The predicted octanol–water partition coefficient (Wildman–Crippen LogP) is 3.26. The zero-order valence-electron chi connectivity index (χ0n) is 18.5. The number of morpholine rings is 1. The van der Waals surface area contributed by atoms with Gasteiger partial charge < -0.3 is 24.7 Å². The van der Waals surface area contributed by atoms with Crippen LogP contribution in [0.1, 0.15) is 11.1 Å². The maximum atomic E-state index is 13.1. The van der Waals surface area contributed by atoms with E-state index in [-0.39, 0.29) is 17.8 Å². The quantitative estimate of drug-likeness (QED) is 0.441. The van der Waals surface area contributed by atoms with Gasteiger partial charge in [0.15, 0.2) is 5.69 Å². The molecular weight excluding hydrogens is 466 g/mol. The summed E-state index contributed by atoms with van der Waals surface area (Å²) in [6.45, 7) is 2.87. The number of hydrogen-bond acceptors (Lipinski definition) is 10. The first-order chi connectivity index (χ1) is 17.3. The molecule has 11 heteroatoms. The maximum Gasteiger partial charge on any atom is 0.317 e. The molecule has 0 bridgehead atoms. The standard InChI is InChI=1S/C24H21N7O3S/c32-21-20(27-18(15-6-2-1-3-7-15)16-8-4-5-9-17(16)26-21)28-24-30-29-22(34-24)19-23(35-14-25-19)31-10-12-33-13-11-31/h1-9,14,20H,10-13H2,(H,26,32)(H,28,30)/t20-/m1/s1. The van der Waals surface area contributed by atoms with E-state index in [0.717, 1.165) is 29.2 Å². The Labute approximate surface area is 204 Å². The van der Waals surface area contributed by atoms with E-state index in [9.17, 15) is 4.79 Å². The van der Waals surface area contributed by atoms with E-state index in [1.807, 2.05) is 54.6 Å². The molecule has 2 aliphatic rings. The number of ether oxygens (including phenoxy) is 1. The summed E-state index contributed by atoms with van der Waals surface area (Å²) < 4.78 is 11.3. The third-order valence-electron chi connectivity index (χ3n) is 5.73. The zero-order chi connectivity index (χ0) is 23.6. The molecule has 10 nitrogen and oxygen atoms in total. The largest absolute Gasteiger partial charge is 0.402 e. The van der Waals surface area contributed by atoms with Crippen LogP contribution in [0.25, 0.3) is 11.6 Å². The average Bonchev–Trinajstić information content (AvgIpc) is 3.55. The van der Waals surface area contributed by atoms with Gasteiger partial charge in [-0.3, -0.25) is 4.79 Å². The number of rotatable bonds is 5. The summed E-state index contributed by atoms with van der Waals surface area (Å²) in [4.78, 5) is 24.4. The number of carbonyl (C=O) groups excluding carboxylic acids is 1. The molecule has 1 amide bonds. The summed E-state index contributed by atoms with van der Waals surface area (Å²) >= 11 is 1.51. The van der Waals surface area contributed by atoms with Crippen LogP contribution in [0, 0.1) is 0 Å². The van der Waals surface area contributed by atoms with Gasteiger partial charge in [0.05, 0.1) is 30.1 Å². The van der Waals surface area contributed by atoms with Gasteiger partial charge in [-0.15, -0.1) is 16.4 Å². The number of benzodiazepines with no additional fused rings is 1. The highest BCUT2D eigenvalue weighted by Crippen LogP contribution is 2.34. The van der Waals surface area contributed by atoms with Crippen LogP contribution in [0.3, 0.4) is 0 Å². The molecule has 0 radical (unpaired) electrons. The summed E-state index contributed by atoms with van der Waals surface area (Å²) in [6.07, 6.45) is -0.972. The Bertz CT molecular complexity index is 1380. The second-order valence-electron chi connectivity index (χ2n) is 7.94. The molecule has 1 fully saturated rings. The highest BCUT2D eigenvalue weighted by molar-refractivity contribution is 7.14. The number of amides is 1. The van der Waals surface area contributed by atoms with E-state index < -0.39 is 6.17 Å². The van der Waals surface area contributed by atoms with Gasteiger partial charge in [-0.2, -0.15) is 0 Å². The molecule has 0 unspecified atom stereocenters. The minimum atomic E-state index is -0.972. The molecule has 1 atom stereocenters. The molecule has 1 saturated heterocycles. The summed E-state index contributed by atoms with van der Waals surface area (Å²) in [5, 5.41) is 15.2. The van der Waals surface area contributed by atoms with Gasteiger partial charge >= 0.3 is 6.01 Å². The highest BCUT2D eigenvalue weighted by atomic mass is 32.1. The fourth-order valence-corrected chi connectivity index (χ4v) is 4.89. The fraction of sp³-hybridized carbons (Fsp3) is 0.208. The lowest BCUT2D eigenvalue weighted by atomic mass is 10.0. The summed E-state index contributed by atoms with van der Waals surface area (Å²) in [7, 11) is 0. The lowest BCUT2D eigenvalue weighted by Gasteiger charge is -2.27. The van der Waals surface area contributed by atoms with E-state index in [0.29, 0.717) is 30.3 Å². The second-order valence-corrected chi connectivity index (χ2v) is 8.78. The number of hydrogen-bond donors (Lipinski definition) is 2. The van der Waals surface area contributed by atoms with Gasteiger partial charge in [-0.05, 0) is 6.07 Å². The first-order valence-electron chi connectivity index (χ1n) is 11.2. The lowest BCUT2D eigenvalue weighted by molar-refractivity contribution is -0.116. The fourth-order valence-electron chi connectivity index (χ4n) is 4.05. The van der Waals surface area contributed by atoms with Gasteiger partial charge in [0.25, 0.3) is 11.8 Å². The Hall–Kier alpha value is -4.09. The van der Waals surface area contributed by atoms with Crippen LogP contribution in [0.15, 0.2) is 69.5 Å². The van der Waals surface area contributed by atoms with Gasteiger partial charge in [-0.25, -0.2) is 9.98 Å². The van der Waals surface area contributed by atoms with Crippen molar-refractivity contribution in [3.05, 3.63) is 71.2 Å². The number of benzene rings is 2. The van der Waals surface area contributed by atoms with Gasteiger partial charge in [0, 0.05) is 24.2 Å². The Balaban J connectivity index is 1.30. The van der Waals surface area contributed by atoms with E-state index in [1.54, 1.807) is 5.51 Å². The van der Waals surface area contributed by atoms with Crippen LogP contribution in [-0.4, -0.2) is 59.3 Å². The van der Waals surface area contributed by atoms with Crippen molar-refractivity contribution < 1.29 is 13.9 Å². The van der Waals surface area contributed by atoms with Gasteiger partial charge in [0.2, 0.25) is 6.17 Å². The predicted molar refractivity (Wildman–Crippen MR) is 133 cm³/mol. The topological polar surface area (TPSA) is 118 Å². The molecule has 176 valence electrons. The SMILES string of the molecule is O=C1Nc2ccccc2C(c2ccccc2)=N[C@@H]1Nc1nnc(-c2ncsc2N2CCOCC2)o1. The molecule has 0 spiro atoms. The van der Waals surface area contributed by atoms with Gasteiger partial charge in [-0.1, -0.05) is 53.6 Å². The third kappa shape index (κ3) is 4.27. The van der Waals surface area contributed by atoms with E-state index in [4.69, 9.17) is 14.1 Å². The van der Waals surface area contributed by atoms with Crippen molar-refractivity contribution in [2.45, 2.75) is 6.17 Å². The normalized spacial score (nSPS) is 17.8. The molecule has 4 aromatic rings. The van der Waals surface area contributed by atoms with Crippen LogP contribution in [0.2, 0.25) is 0 Å². The van der Waals surface area contributed by atoms with Crippen molar-refractivity contribution in [2.24, 2.45) is 4.99 Å². The minimum Gasteiger partial charge on any atom is -0.402 e. The molecule has 2 aromatic carbocycles. The molecule has 0 saturated carbocycles. The van der Waals surface area contributed by atoms with Crippen molar-refractivity contribution in [2.75, 3.05) is 41.8 Å². The molecule has 4 heterocycles. The Morgan fingerprint density at radius 3 is 2.69 bits per heavy atom. The molecule has 2 aromatic heterocycles. The number of aliphatic imine (C=N–C) groups is 1. The summed E-state index contributed by atoms with van der Waals surface area (Å²) in [5.41, 5.74) is 5.47. The molecule has 2 N–H and O–H groups in total. The molecule has 0 aliphatic carbocycles. The van der Waals surface area contributed by atoms with Crippen molar-refractivity contribution in [3.63, 3.8) is 0 Å². The number of nitrogens with one attached hydrogen (secondary N) is 2. The van der Waals surface area contributed by atoms with Crippen molar-refractivity contribution in [3.8, 4) is 11.6 Å². The summed E-state index contributed by atoms with van der Waals surface area (Å²) in [6, 6.07) is 17.4. The molecule has 35 heavy (non-hydrogen) atoms. The lowest BCUT2D eigenvalue weighted by Crippen LogP contribution is -2.35. The third-order valence-corrected chi connectivity index (χ3v) is 6.61. The van der Waals surface area contributed by atoms with E-state index in [2.05, 4.69) is 30.7 Å². The van der Waals surface area contributed by atoms with Crippen molar-refractivity contribution in [1.29, 1.82) is 0 Å². The van der Waals surface area contributed by atoms with E-state index >= 15 is 0 Å². The van der Waals surface area contributed by atoms with Crippen LogP contribution < -0.4 is 15.5 Å². The number of carbonyl (C=O) groups is 1. The van der Waals surface area contributed by atoms with Crippen molar-refractivity contribution >= 4 is 39.7 Å².